The van der Waals surface area contributed by atoms with Crippen LogP contribution < -0.4 is 5.56 Å². The number of aliphatic carboxylic acids is 1. The van der Waals surface area contributed by atoms with Gasteiger partial charge in [0.05, 0.1) is 12.0 Å². The number of H-pyrrole nitrogens is 1. The summed E-state index contributed by atoms with van der Waals surface area (Å²) < 4.78 is 37.7. The number of aromatic amines is 1. The molecule has 0 aliphatic rings. The molecule has 0 aromatic carbocycles. The molecule has 4 nitrogen and oxygen atoms in total. The van der Waals surface area contributed by atoms with Crippen LogP contribution in [0.4, 0.5) is 13.2 Å². The molecule has 0 fully saturated rings. The fourth-order valence-electron chi connectivity index (χ4n) is 1.12. The van der Waals surface area contributed by atoms with Crippen LogP contribution >= 0.6 is 0 Å². The molecule has 0 amide bonds. The Labute approximate surface area is 81.4 Å². The number of halogens is 3. The highest BCUT2D eigenvalue weighted by Crippen LogP contribution is 2.21. The van der Waals surface area contributed by atoms with Gasteiger partial charge in [-0.3, -0.25) is 9.59 Å². The van der Waals surface area contributed by atoms with Crippen molar-refractivity contribution in [3.63, 3.8) is 0 Å². The summed E-state index contributed by atoms with van der Waals surface area (Å²) in [5.74, 6) is -2.64. The number of carboxylic acids is 1. The predicted octanol–water partition coefficient (Wildman–Crippen LogP) is 1.08. The molecule has 0 unspecified atom stereocenters. The Morgan fingerprint density at radius 1 is 1.53 bits per heavy atom. The van der Waals surface area contributed by atoms with Gasteiger partial charge >= 0.3 is 5.97 Å². The van der Waals surface area contributed by atoms with Crippen LogP contribution in [0.15, 0.2) is 11.0 Å². The summed E-state index contributed by atoms with van der Waals surface area (Å²) in [6, 6.07) is 0. The number of nitrogens with one attached hydrogen (secondary N) is 1. The fourth-order valence-corrected chi connectivity index (χ4v) is 1.12. The van der Waals surface area contributed by atoms with E-state index in [0.29, 0.717) is 6.20 Å². The summed E-state index contributed by atoms with van der Waals surface area (Å²) >= 11 is 0. The molecule has 0 atom stereocenters. The molecule has 0 saturated carbocycles. The number of carbonyl (C=O) groups is 1. The number of pyridine rings is 1. The summed E-state index contributed by atoms with van der Waals surface area (Å²) in [6.07, 6.45) is -3.60. The Bertz CT molecular complexity index is 441. The molecule has 7 heteroatoms. The van der Waals surface area contributed by atoms with Crippen molar-refractivity contribution in [2.45, 2.75) is 12.8 Å². The third-order valence-corrected chi connectivity index (χ3v) is 1.73. The van der Waals surface area contributed by atoms with E-state index in [2.05, 4.69) is 0 Å². The molecule has 15 heavy (non-hydrogen) atoms. The van der Waals surface area contributed by atoms with E-state index in [4.69, 9.17) is 5.11 Å². The minimum atomic E-state index is -3.21. The number of hydrogen-bond acceptors (Lipinski definition) is 2. The Kier molecular flexibility index (Phi) is 3.13. The van der Waals surface area contributed by atoms with Crippen LogP contribution in [0.2, 0.25) is 0 Å². The standard InChI is InChI=1S/C8H6F3NO3/c9-4-2-12-8(15)6(7(10)11)3(4)1-5(13)14/h2,7H,1H2,(H,12,15)(H,13,14). The van der Waals surface area contributed by atoms with Gasteiger partial charge in [-0.05, 0) is 0 Å². The van der Waals surface area contributed by atoms with Gasteiger partial charge in [0.15, 0.2) is 0 Å². The van der Waals surface area contributed by atoms with Crippen molar-refractivity contribution in [1.29, 1.82) is 0 Å². The molecule has 0 saturated heterocycles. The molecular weight excluding hydrogens is 215 g/mol. The Morgan fingerprint density at radius 2 is 2.13 bits per heavy atom. The molecule has 0 aliphatic heterocycles. The lowest BCUT2D eigenvalue weighted by Gasteiger charge is -2.06. The molecule has 0 spiro atoms. The number of rotatable bonds is 3. The first-order chi connectivity index (χ1) is 6.93. The highest BCUT2D eigenvalue weighted by atomic mass is 19.3. The topological polar surface area (TPSA) is 70.2 Å². The third-order valence-electron chi connectivity index (χ3n) is 1.73. The summed E-state index contributed by atoms with van der Waals surface area (Å²) in [4.78, 5) is 23.0. The maximum Gasteiger partial charge on any atom is 0.307 e. The number of aromatic nitrogens is 1. The van der Waals surface area contributed by atoms with Gasteiger partial charge in [-0.2, -0.15) is 0 Å². The first-order valence-corrected chi connectivity index (χ1v) is 3.83. The first-order valence-electron chi connectivity index (χ1n) is 3.83. The van der Waals surface area contributed by atoms with Crippen molar-refractivity contribution >= 4 is 5.97 Å². The van der Waals surface area contributed by atoms with E-state index in [-0.39, 0.29) is 0 Å². The van der Waals surface area contributed by atoms with Gasteiger partial charge in [0.1, 0.15) is 5.82 Å². The maximum absolute atomic E-state index is 13.0. The van der Waals surface area contributed by atoms with Crippen molar-refractivity contribution in [3.05, 3.63) is 33.5 Å². The second kappa shape index (κ2) is 4.16. The molecular formula is C8H6F3NO3. The van der Waals surface area contributed by atoms with Gasteiger partial charge in [0, 0.05) is 11.8 Å². The van der Waals surface area contributed by atoms with Crippen molar-refractivity contribution in [3.8, 4) is 0 Å². The zero-order valence-electron chi connectivity index (χ0n) is 7.26. The van der Waals surface area contributed by atoms with Gasteiger partial charge in [-0.1, -0.05) is 0 Å². The quantitative estimate of drug-likeness (QED) is 0.802. The molecule has 1 rings (SSSR count). The highest BCUT2D eigenvalue weighted by Gasteiger charge is 2.22. The van der Waals surface area contributed by atoms with Gasteiger partial charge in [-0.15, -0.1) is 0 Å². The van der Waals surface area contributed by atoms with E-state index in [1.165, 1.54) is 0 Å². The molecule has 82 valence electrons. The highest BCUT2D eigenvalue weighted by molar-refractivity contribution is 5.70. The van der Waals surface area contributed by atoms with E-state index >= 15 is 0 Å². The Balaban J connectivity index is 3.38. The molecule has 0 radical (unpaired) electrons. The normalized spacial score (nSPS) is 10.7. The van der Waals surface area contributed by atoms with E-state index in [0.717, 1.165) is 0 Å². The first kappa shape index (κ1) is 11.3. The monoisotopic (exact) mass is 221 g/mol. The average molecular weight is 221 g/mol. The lowest BCUT2D eigenvalue weighted by Crippen LogP contribution is -2.19. The van der Waals surface area contributed by atoms with Crippen LogP contribution in [0.25, 0.3) is 0 Å². The summed E-state index contributed by atoms with van der Waals surface area (Å²) in [5, 5.41) is 8.36. The van der Waals surface area contributed by atoms with Crippen LogP contribution in [0.5, 0.6) is 0 Å². The van der Waals surface area contributed by atoms with Crippen molar-refractivity contribution in [2.24, 2.45) is 0 Å². The molecule has 1 aromatic rings. The molecule has 1 aromatic heterocycles. The molecule has 2 N–H and O–H groups in total. The van der Waals surface area contributed by atoms with Crippen LogP contribution in [0.3, 0.4) is 0 Å². The van der Waals surface area contributed by atoms with Crippen LogP contribution in [-0.2, 0) is 11.2 Å². The van der Waals surface area contributed by atoms with Gasteiger partial charge in [0.25, 0.3) is 12.0 Å². The third kappa shape index (κ3) is 2.36. The Morgan fingerprint density at radius 3 is 2.60 bits per heavy atom. The maximum atomic E-state index is 13.0. The summed E-state index contributed by atoms with van der Waals surface area (Å²) in [6.45, 7) is 0. The number of carboxylic acid groups (broad SMARTS) is 1. The van der Waals surface area contributed by atoms with Crippen molar-refractivity contribution < 1.29 is 23.1 Å². The van der Waals surface area contributed by atoms with E-state index in [1.807, 2.05) is 0 Å². The van der Waals surface area contributed by atoms with Crippen LogP contribution in [0.1, 0.15) is 17.6 Å². The molecule has 0 bridgehead atoms. The van der Waals surface area contributed by atoms with Gasteiger partial charge in [0.2, 0.25) is 0 Å². The van der Waals surface area contributed by atoms with Gasteiger partial charge < -0.3 is 10.1 Å². The fraction of sp³-hybridized carbons (Fsp3) is 0.250. The predicted molar refractivity (Wildman–Crippen MR) is 43.3 cm³/mol. The van der Waals surface area contributed by atoms with Crippen LogP contribution in [0, 0.1) is 5.82 Å². The van der Waals surface area contributed by atoms with Crippen molar-refractivity contribution in [2.75, 3.05) is 0 Å². The zero-order chi connectivity index (χ0) is 11.6. The minimum absolute atomic E-state index is 0.562. The summed E-state index contributed by atoms with van der Waals surface area (Å²) in [5.41, 5.74) is -3.08. The lowest BCUT2D eigenvalue weighted by molar-refractivity contribution is -0.136. The SMILES string of the molecule is O=C(O)Cc1c(F)c[nH]c(=O)c1C(F)F. The number of alkyl halides is 2. The van der Waals surface area contributed by atoms with Gasteiger partial charge in [-0.25, -0.2) is 13.2 Å². The molecule has 0 aliphatic carbocycles. The van der Waals surface area contributed by atoms with E-state index in [1.54, 1.807) is 4.98 Å². The summed E-state index contributed by atoms with van der Waals surface area (Å²) in [7, 11) is 0. The average Bonchev–Trinajstić information content (AvgIpc) is 2.10. The zero-order valence-corrected chi connectivity index (χ0v) is 7.26. The van der Waals surface area contributed by atoms with E-state index < -0.39 is 41.3 Å². The lowest BCUT2D eigenvalue weighted by atomic mass is 10.1. The van der Waals surface area contributed by atoms with Crippen LogP contribution in [-0.4, -0.2) is 16.1 Å². The minimum Gasteiger partial charge on any atom is -0.481 e. The smallest absolute Gasteiger partial charge is 0.307 e. The Hall–Kier alpha value is -1.79. The second-order valence-electron chi connectivity index (χ2n) is 2.73. The largest absolute Gasteiger partial charge is 0.481 e. The molecule has 1 heterocycles. The second-order valence-corrected chi connectivity index (χ2v) is 2.73. The number of hydrogen-bond donors (Lipinski definition) is 2. The van der Waals surface area contributed by atoms with Crippen molar-refractivity contribution in [1.82, 2.24) is 4.98 Å². The van der Waals surface area contributed by atoms with E-state index in [9.17, 15) is 22.8 Å².